The number of rotatable bonds is 3. The van der Waals surface area contributed by atoms with E-state index < -0.39 is 0 Å². The van der Waals surface area contributed by atoms with Gasteiger partial charge >= 0.3 is 0 Å². The van der Waals surface area contributed by atoms with Gasteiger partial charge in [0.05, 0.1) is 0 Å². The average Bonchev–Trinajstić information content (AvgIpc) is 3.06. The summed E-state index contributed by atoms with van der Waals surface area (Å²) in [5.41, 5.74) is 6.58. The van der Waals surface area contributed by atoms with Crippen LogP contribution in [0.3, 0.4) is 0 Å². The van der Waals surface area contributed by atoms with E-state index >= 15 is 0 Å². The molecule has 110 valence electrons. The van der Waals surface area contributed by atoms with E-state index in [0.29, 0.717) is 5.54 Å². The van der Waals surface area contributed by atoms with Gasteiger partial charge in [0.1, 0.15) is 0 Å². The van der Waals surface area contributed by atoms with E-state index in [-0.39, 0.29) is 0 Å². The van der Waals surface area contributed by atoms with Crippen LogP contribution in [0.5, 0.6) is 0 Å². The minimum Gasteiger partial charge on any atom is -0.329 e. The Balaban J connectivity index is 1.63. The highest BCUT2D eigenvalue weighted by atomic mass is 15.3. The van der Waals surface area contributed by atoms with Crippen LogP contribution in [0.25, 0.3) is 0 Å². The molecule has 1 saturated carbocycles. The quantitative estimate of drug-likeness (QED) is 0.794. The minimum absolute atomic E-state index is 0.352. The predicted octanol–water partition coefficient (Wildman–Crippen LogP) is 2.21. The molecule has 19 heavy (non-hydrogen) atoms. The average molecular weight is 265 g/mol. The molecule has 3 fully saturated rings. The molecule has 2 saturated heterocycles. The van der Waals surface area contributed by atoms with Crippen LogP contribution in [0, 0.1) is 0 Å². The Kier molecular flexibility index (Phi) is 4.45. The van der Waals surface area contributed by atoms with Crippen molar-refractivity contribution >= 4 is 0 Å². The summed E-state index contributed by atoms with van der Waals surface area (Å²) in [7, 11) is 0. The fourth-order valence-corrected chi connectivity index (χ4v) is 4.61. The summed E-state index contributed by atoms with van der Waals surface area (Å²) in [6.45, 7) is 6.14. The van der Waals surface area contributed by atoms with Crippen molar-refractivity contribution in [3.8, 4) is 0 Å². The summed E-state index contributed by atoms with van der Waals surface area (Å²) in [6.07, 6.45) is 12.5. The molecule has 0 spiro atoms. The van der Waals surface area contributed by atoms with Gasteiger partial charge in [0, 0.05) is 31.2 Å². The first kappa shape index (κ1) is 13.8. The van der Waals surface area contributed by atoms with Crippen LogP contribution in [0.1, 0.15) is 57.8 Å². The maximum Gasteiger partial charge on any atom is 0.0332 e. The van der Waals surface area contributed by atoms with Gasteiger partial charge in [-0.3, -0.25) is 9.80 Å². The number of hydrogen-bond acceptors (Lipinski definition) is 3. The fourth-order valence-electron chi connectivity index (χ4n) is 4.61. The Bertz CT molecular complexity index is 278. The first-order chi connectivity index (χ1) is 9.34. The van der Waals surface area contributed by atoms with Gasteiger partial charge in [0.15, 0.2) is 0 Å². The first-order valence-corrected chi connectivity index (χ1v) is 8.53. The number of hydrogen-bond donors (Lipinski definition) is 1. The van der Waals surface area contributed by atoms with Crippen LogP contribution in [-0.2, 0) is 0 Å². The molecule has 0 radical (unpaired) electrons. The highest BCUT2D eigenvalue weighted by molar-refractivity contribution is 4.98. The van der Waals surface area contributed by atoms with E-state index in [1.165, 1.54) is 84.0 Å². The molecular formula is C16H31N3. The number of nitrogens with zero attached hydrogens (tertiary/aromatic N) is 2. The lowest BCUT2D eigenvalue weighted by atomic mass is 9.88. The molecule has 0 aromatic heterocycles. The second-order valence-electron chi connectivity index (χ2n) is 6.97. The molecule has 2 heterocycles. The summed E-state index contributed by atoms with van der Waals surface area (Å²) in [5, 5.41) is 0. The lowest BCUT2D eigenvalue weighted by Gasteiger charge is -2.41. The van der Waals surface area contributed by atoms with Crippen molar-refractivity contribution < 1.29 is 0 Å². The SMILES string of the molecule is NCC1(N2CCC(N3CCCC3)C2)CCCCCC1. The van der Waals surface area contributed by atoms with Crippen molar-refractivity contribution in [2.75, 3.05) is 32.7 Å². The van der Waals surface area contributed by atoms with Gasteiger partial charge in [-0.2, -0.15) is 0 Å². The van der Waals surface area contributed by atoms with Crippen molar-refractivity contribution in [2.24, 2.45) is 5.73 Å². The van der Waals surface area contributed by atoms with E-state index in [9.17, 15) is 0 Å². The molecule has 1 atom stereocenters. The fraction of sp³-hybridized carbons (Fsp3) is 1.00. The van der Waals surface area contributed by atoms with E-state index in [1.54, 1.807) is 0 Å². The summed E-state index contributed by atoms with van der Waals surface area (Å²) in [4.78, 5) is 5.52. The van der Waals surface area contributed by atoms with Crippen LogP contribution in [0.2, 0.25) is 0 Å². The van der Waals surface area contributed by atoms with Gasteiger partial charge in [0.2, 0.25) is 0 Å². The first-order valence-electron chi connectivity index (χ1n) is 8.53. The highest BCUT2D eigenvalue weighted by Crippen LogP contribution is 2.35. The molecule has 3 aliphatic rings. The Labute approximate surface area is 118 Å². The third-order valence-electron chi connectivity index (χ3n) is 5.91. The van der Waals surface area contributed by atoms with Gasteiger partial charge in [-0.05, 0) is 45.2 Å². The Hall–Kier alpha value is -0.120. The topological polar surface area (TPSA) is 32.5 Å². The zero-order valence-corrected chi connectivity index (χ0v) is 12.4. The molecule has 2 aliphatic heterocycles. The Morgan fingerprint density at radius 3 is 2.21 bits per heavy atom. The van der Waals surface area contributed by atoms with E-state index in [1.807, 2.05) is 0 Å². The summed E-state index contributed by atoms with van der Waals surface area (Å²) in [6, 6.07) is 0.828. The summed E-state index contributed by atoms with van der Waals surface area (Å²) < 4.78 is 0. The van der Waals surface area contributed by atoms with Gasteiger partial charge < -0.3 is 5.73 Å². The van der Waals surface area contributed by atoms with Crippen molar-refractivity contribution in [2.45, 2.75) is 69.4 Å². The second-order valence-corrected chi connectivity index (χ2v) is 6.97. The molecule has 1 unspecified atom stereocenters. The van der Waals surface area contributed by atoms with Crippen molar-refractivity contribution in [1.29, 1.82) is 0 Å². The van der Waals surface area contributed by atoms with E-state index in [4.69, 9.17) is 5.73 Å². The second kappa shape index (κ2) is 6.11. The molecule has 3 nitrogen and oxygen atoms in total. The predicted molar refractivity (Wildman–Crippen MR) is 80.3 cm³/mol. The highest BCUT2D eigenvalue weighted by Gasteiger charge is 2.41. The van der Waals surface area contributed by atoms with Crippen LogP contribution in [0.4, 0.5) is 0 Å². The maximum absolute atomic E-state index is 6.23. The lowest BCUT2D eigenvalue weighted by molar-refractivity contribution is 0.0945. The lowest BCUT2D eigenvalue weighted by Crippen LogP contribution is -2.53. The molecule has 2 N–H and O–H groups in total. The standard InChI is InChI=1S/C16H31N3/c17-14-16(8-3-1-2-4-9-16)19-12-7-15(13-19)18-10-5-6-11-18/h15H,1-14,17H2. The van der Waals surface area contributed by atoms with Crippen molar-refractivity contribution in [3.05, 3.63) is 0 Å². The zero-order chi connectivity index (χ0) is 13.1. The van der Waals surface area contributed by atoms with Crippen LogP contribution >= 0.6 is 0 Å². The molecular weight excluding hydrogens is 234 g/mol. The van der Waals surface area contributed by atoms with E-state index in [2.05, 4.69) is 9.80 Å². The number of nitrogens with two attached hydrogens (primary N) is 1. The summed E-state index contributed by atoms with van der Waals surface area (Å²) in [5.74, 6) is 0. The van der Waals surface area contributed by atoms with Gasteiger partial charge in [-0.15, -0.1) is 0 Å². The van der Waals surface area contributed by atoms with Gasteiger partial charge in [0.25, 0.3) is 0 Å². The third-order valence-corrected chi connectivity index (χ3v) is 5.91. The molecule has 0 bridgehead atoms. The molecule has 3 rings (SSSR count). The maximum atomic E-state index is 6.23. The Morgan fingerprint density at radius 2 is 1.58 bits per heavy atom. The molecule has 3 heteroatoms. The van der Waals surface area contributed by atoms with Gasteiger partial charge in [-0.25, -0.2) is 0 Å². The molecule has 0 aromatic carbocycles. The normalized spacial score (nSPS) is 33.6. The van der Waals surface area contributed by atoms with E-state index in [0.717, 1.165) is 12.6 Å². The Morgan fingerprint density at radius 1 is 0.895 bits per heavy atom. The van der Waals surface area contributed by atoms with Crippen molar-refractivity contribution in [1.82, 2.24) is 9.80 Å². The summed E-state index contributed by atoms with van der Waals surface area (Å²) >= 11 is 0. The molecule has 0 aromatic rings. The van der Waals surface area contributed by atoms with Gasteiger partial charge in [-0.1, -0.05) is 25.7 Å². The minimum atomic E-state index is 0.352. The van der Waals surface area contributed by atoms with Crippen LogP contribution in [-0.4, -0.2) is 54.1 Å². The third kappa shape index (κ3) is 2.84. The zero-order valence-electron chi connectivity index (χ0n) is 12.4. The largest absolute Gasteiger partial charge is 0.329 e. The van der Waals surface area contributed by atoms with Crippen molar-refractivity contribution in [3.63, 3.8) is 0 Å². The van der Waals surface area contributed by atoms with Crippen LogP contribution in [0.15, 0.2) is 0 Å². The van der Waals surface area contributed by atoms with Crippen LogP contribution < -0.4 is 5.73 Å². The molecule has 0 amide bonds. The monoisotopic (exact) mass is 265 g/mol. The number of likely N-dealkylation sites (tertiary alicyclic amines) is 2. The molecule has 1 aliphatic carbocycles. The smallest absolute Gasteiger partial charge is 0.0332 e.